The molecule has 1 N–H and O–H groups in total. The number of hydrogen-bond donors (Lipinski definition) is 1. The Morgan fingerprint density at radius 1 is 1.24 bits per heavy atom. The van der Waals surface area contributed by atoms with Gasteiger partial charge in [0.15, 0.2) is 0 Å². The molecular weight excluding hydrogens is 304 g/mol. The standard InChI is InChI=1S/C12H15BrN2O.ClH/c13-10-3-5-11(6-4-10)14-12(16)9-15-7-1-2-8-15;/h3-6H,1-2,7-9H2,(H,14,16);1H/p-1. The van der Waals surface area contributed by atoms with Gasteiger partial charge in [0.25, 0.3) is 0 Å². The Hall–Kier alpha value is -0.580. The maximum atomic E-state index is 11.7. The average molecular weight is 319 g/mol. The van der Waals surface area contributed by atoms with Gasteiger partial charge in [0.2, 0.25) is 5.91 Å². The maximum absolute atomic E-state index is 11.7. The van der Waals surface area contributed by atoms with Crippen LogP contribution in [0, 0.1) is 0 Å². The smallest absolute Gasteiger partial charge is 0.238 e. The Kier molecular flexibility index (Phi) is 5.95. The number of nitrogens with zero attached hydrogens (tertiary/aromatic N) is 1. The van der Waals surface area contributed by atoms with Gasteiger partial charge >= 0.3 is 0 Å². The van der Waals surface area contributed by atoms with Crippen molar-refractivity contribution in [2.24, 2.45) is 0 Å². The molecule has 0 bridgehead atoms. The molecular formula is C12H15BrClN2O-. The molecule has 17 heavy (non-hydrogen) atoms. The van der Waals surface area contributed by atoms with Crippen molar-refractivity contribution in [3.05, 3.63) is 28.7 Å². The fraction of sp³-hybridized carbons (Fsp3) is 0.417. The summed E-state index contributed by atoms with van der Waals surface area (Å²) in [6.45, 7) is 2.61. The van der Waals surface area contributed by atoms with Crippen molar-refractivity contribution in [3.63, 3.8) is 0 Å². The highest BCUT2D eigenvalue weighted by Gasteiger charge is 2.14. The van der Waals surface area contributed by atoms with Crippen LogP contribution in [0.3, 0.4) is 0 Å². The zero-order valence-corrected chi connectivity index (χ0v) is 11.8. The molecule has 0 radical (unpaired) electrons. The van der Waals surface area contributed by atoms with Crippen LogP contribution in [0.4, 0.5) is 5.69 Å². The summed E-state index contributed by atoms with van der Waals surface area (Å²) in [5, 5.41) is 2.89. The van der Waals surface area contributed by atoms with Gasteiger partial charge in [-0.1, -0.05) is 15.9 Å². The van der Waals surface area contributed by atoms with E-state index in [1.54, 1.807) is 0 Å². The van der Waals surface area contributed by atoms with Gasteiger partial charge in [-0.05, 0) is 50.2 Å². The van der Waals surface area contributed by atoms with Crippen LogP contribution in [-0.4, -0.2) is 30.4 Å². The lowest BCUT2D eigenvalue weighted by molar-refractivity contribution is -0.117. The van der Waals surface area contributed by atoms with E-state index in [1.807, 2.05) is 24.3 Å². The van der Waals surface area contributed by atoms with Crippen LogP contribution >= 0.6 is 15.9 Å². The molecule has 0 saturated carbocycles. The van der Waals surface area contributed by atoms with Crippen molar-refractivity contribution < 1.29 is 17.2 Å². The van der Waals surface area contributed by atoms with Crippen LogP contribution in [0.25, 0.3) is 0 Å². The monoisotopic (exact) mass is 317 g/mol. The second kappa shape index (κ2) is 6.99. The van der Waals surface area contributed by atoms with Gasteiger partial charge in [-0.15, -0.1) is 0 Å². The van der Waals surface area contributed by atoms with Gasteiger partial charge in [-0.2, -0.15) is 0 Å². The third-order valence-corrected chi connectivity index (χ3v) is 3.22. The number of hydrogen-bond acceptors (Lipinski definition) is 2. The minimum absolute atomic E-state index is 0. The van der Waals surface area contributed by atoms with E-state index in [0.717, 1.165) is 23.2 Å². The Morgan fingerprint density at radius 2 is 1.82 bits per heavy atom. The van der Waals surface area contributed by atoms with Crippen LogP contribution in [-0.2, 0) is 4.79 Å². The van der Waals surface area contributed by atoms with Gasteiger partial charge < -0.3 is 17.7 Å². The molecule has 1 heterocycles. The third kappa shape index (κ3) is 4.66. The first-order chi connectivity index (χ1) is 7.74. The molecule has 0 unspecified atom stereocenters. The normalized spacial score (nSPS) is 15.4. The Bertz CT molecular complexity index is 363. The highest BCUT2D eigenvalue weighted by molar-refractivity contribution is 9.10. The second-order valence-electron chi connectivity index (χ2n) is 4.04. The van der Waals surface area contributed by atoms with Crippen LogP contribution < -0.4 is 17.7 Å². The maximum Gasteiger partial charge on any atom is 0.238 e. The van der Waals surface area contributed by atoms with Crippen LogP contribution in [0.2, 0.25) is 0 Å². The van der Waals surface area contributed by atoms with E-state index >= 15 is 0 Å². The Labute approximate surface area is 116 Å². The predicted octanol–water partition coefficient (Wildman–Crippen LogP) is -0.513. The summed E-state index contributed by atoms with van der Waals surface area (Å²) in [7, 11) is 0. The second-order valence-corrected chi connectivity index (χ2v) is 4.95. The van der Waals surface area contributed by atoms with E-state index in [9.17, 15) is 4.79 Å². The molecule has 1 aliphatic rings. The van der Waals surface area contributed by atoms with Crippen molar-refractivity contribution >= 4 is 27.5 Å². The number of amides is 1. The van der Waals surface area contributed by atoms with E-state index in [1.165, 1.54) is 12.8 Å². The molecule has 1 fully saturated rings. The van der Waals surface area contributed by atoms with Crippen LogP contribution in [0.1, 0.15) is 12.8 Å². The summed E-state index contributed by atoms with van der Waals surface area (Å²) >= 11 is 3.36. The predicted molar refractivity (Wildman–Crippen MR) is 68.4 cm³/mol. The number of nitrogens with one attached hydrogen (secondary N) is 1. The summed E-state index contributed by atoms with van der Waals surface area (Å²) in [5.41, 5.74) is 0.854. The molecule has 94 valence electrons. The number of benzene rings is 1. The lowest BCUT2D eigenvalue weighted by atomic mass is 10.3. The Morgan fingerprint density at radius 3 is 2.41 bits per heavy atom. The number of likely N-dealkylation sites (tertiary alicyclic amines) is 1. The first-order valence-electron chi connectivity index (χ1n) is 5.52. The van der Waals surface area contributed by atoms with Gasteiger partial charge in [0.1, 0.15) is 0 Å². The molecule has 0 aromatic heterocycles. The summed E-state index contributed by atoms with van der Waals surface area (Å²) < 4.78 is 1.02. The summed E-state index contributed by atoms with van der Waals surface area (Å²) in [5.74, 6) is 0.0734. The lowest BCUT2D eigenvalue weighted by Crippen LogP contribution is -3.00. The van der Waals surface area contributed by atoms with Gasteiger partial charge in [-0.3, -0.25) is 9.69 Å². The molecule has 2 rings (SSSR count). The molecule has 1 aromatic rings. The summed E-state index contributed by atoms with van der Waals surface area (Å²) in [4.78, 5) is 13.9. The first kappa shape index (κ1) is 14.5. The minimum Gasteiger partial charge on any atom is -1.00 e. The number of halogens is 2. The zero-order valence-electron chi connectivity index (χ0n) is 9.46. The molecule has 1 aliphatic heterocycles. The van der Waals surface area contributed by atoms with Crippen molar-refractivity contribution in [2.75, 3.05) is 25.0 Å². The molecule has 5 heteroatoms. The molecule has 0 atom stereocenters. The zero-order chi connectivity index (χ0) is 11.4. The van der Waals surface area contributed by atoms with Crippen molar-refractivity contribution in [1.82, 2.24) is 4.90 Å². The van der Waals surface area contributed by atoms with Crippen molar-refractivity contribution in [2.45, 2.75) is 12.8 Å². The third-order valence-electron chi connectivity index (χ3n) is 2.69. The summed E-state index contributed by atoms with van der Waals surface area (Å²) in [6.07, 6.45) is 2.43. The summed E-state index contributed by atoms with van der Waals surface area (Å²) in [6, 6.07) is 7.63. The molecule has 3 nitrogen and oxygen atoms in total. The number of anilines is 1. The molecule has 1 saturated heterocycles. The number of rotatable bonds is 3. The molecule has 0 aliphatic carbocycles. The number of carbonyl (C=O) groups is 1. The van der Waals surface area contributed by atoms with Crippen LogP contribution in [0.5, 0.6) is 0 Å². The SMILES string of the molecule is O=C(CN1CCCC1)Nc1ccc(Br)cc1.[Cl-]. The topological polar surface area (TPSA) is 32.3 Å². The van der Waals surface area contributed by atoms with Crippen molar-refractivity contribution in [1.29, 1.82) is 0 Å². The fourth-order valence-electron chi connectivity index (χ4n) is 1.88. The highest BCUT2D eigenvalue weighted by atomic mass is 79.9. The lowest BCUT2D eigenvalue weighted by Gasteiger charge is -2.13. The van der Waals surface area contributed by atoms with E-state index in [0.29, 0.717) is 6.54 Å². The minimum atomic E-state index is 0. The first-order valence-corrected chi connectivity index (χ1v) is 6.31. The van der Waals surface area contributed by atoms with E-state index in [-0.39, 0.29) is 18.3 Å². The molecule has 1 aromatic carbocycles. The number of carbonyl (C=O) groups excluding carboxylic acids is 1. The average Bonchev–Trinajstić information content (AvgIpc) is 2.74. The Balaban J connectivity index is 0.00000144. The van der Waals surface area contributed by atoms with Gasteiger partial charge in [-0.25, -0.2) is 0 Å². The highest BCUT2D eigenvalue weighted by Crippen LogP contribution is 2.14. The van der Waals surface area contributed by atoms with E-state index in [4.69, 9.17) is 0 Å². The largest absolute Gasteiger partial charge is 1.00 e. The molecule has 0 spiro atoms. The van der Waals surface area contributed by atoms with E-state index in [2.05, 4.69) is 26.1 Å². The van der Waals surface area contributed by atoms with E-state index < -0.39 is 0 Å². The molecule has 1 amide bonds. The van der Waals surface area contributed by atoms with Gasteiger partial charge in [0.05, 0.1) is 6.54 Å². The van der Waals surface area contributed by atoms with Gasteiger partial charge in [0, 0.05) is 10.2 Å². The quantitative estimate of drug-likeness (QED) is 0.814. The van der Waals surface area contributed by atoms with Crippen molar-refractivity contribution in [3.8, 4) is 0 Å². The fourth-order valence-corrected chi connectivity index (χ4v) is 2.14. The van der Waals surface area contributed by atoms with Crippen LogP contribution in [0.15, 0.2) is 28.7 Å².